The molecule has 0 aliphatic carbocycles. The van der Waals surface area contributed by atoms with Gasteiger partial charge >= 0.3 is 11.9 Å². The normalized spacial score (nSPS) is 17.6. The molecule has 1 fully saturated rings. The summed E-state index contributed by atoms with van der Waals surface area (Å²) in [6, 6.07) is 0. The molecular formula is C22H38O3. The zero-order valence-electron chi connectivity index (χ0n) is 16.3. The summed E-state index contributed by atoms with van der Waals surface area (Å²) in [6.45, 7) is 2.26. The van der Waals surface area contributed by atoms with Gasteiger partial charge in [0.25, 0.3) is 0 Å². The van der Waals surface area contributed by atoms with Gasteiger partial charge in [0.15, 0.2) is 0 Å². The number of cyclic esters (lactones) is 2. The monoisotopic (exact) mass is 350 g/mol. The van der Waals surface area contributed by atoms with Crippen LogP contribution in [0.5, 0.6) is 0 Å². The van der Waals surface area contributed by atoms with Gasteiger partial charge in [-0.2, -0.15) is 0 Å². The van der Waals surface area contributed by atoms with E-state index in [1.54, 1.807) is 0 Å². The summed E-state index contributed by atoms with van der Waals surface area (Å²) in [6.07, 6.45) is 23.8. The molecule has 1 aliphatic rings. The average molecular weight is 351 g/mol. The summed E-state index contributed by atoms with van der Waals surface area (Å²) in [5.74, 6) is -0.812. The van der Waals surface area contributed by atoms with Crippen molar-refractivity contribution in [1.82, 2.24) is 0 Å². The molecule has 0 N–H and O–H groups in total. The van der Waals surface area contributed by atoms with E-state index in [4.69, 9.17) is 0 Å². The molecule has 1 rings (SSSR count). The molecule has 3 nitrogen and oxygen atoms in total. The molecule has 1 aliphatic heterocycles. The van der Waals surface area contributed by atoms with Gasteiger partial charge in [0.1, 0.15) is 0 Å². The van der Waals surface area contributed by atoms with Crippen LogP contribution in [0.3, 0.4) is 0 Å². The first kappa shape index (κ1) is 21.9. The summed E-state index contributed by atoms with van der Waals surface area (Å²) in [5, 5.41) is 0. The molecule has 1 saturated heterocycles. The molecule has 0 saturated carbocycles. The van der Waals surface area contributed by atoms with Crippen LogP contribution in [0.15, 0.2) is 12.2 Å². The van der Waals surface area contributed by atoms with Crippen molar-refractivity contribution in [2.45, 2.75) is 110 Å². The number of hydrogen-bond donors (Lipinski definition) is 0. The lowest BCUT2D eigenvalue weighted by Crippen LogP contribution is -2.06. The number of allylic oxidation sites excluding steroid dienone is 2. The predicted octanol–water partition coefficient (Wildman–Crippen LogP) is 6.50. The zero-order chi connectivity index (χ0) is 18.2. The average Bonchev–Trinajstić information content (AvgIpc) is 2.92. The second-order valence-electron chi connectivity index (χ2n) is 7.42. The van der Waals surface area contributed by atoms with Gasteiger partial charge in [0, 0.05) is 0 Å². The highest BCUT2D eigenvalue weighted by molar-refractivity contribution is 5.94. The third-order valence-corrected chi connectivity index (χ3v) is 5.03. The molecule has 0 amide bonds. The van der Waals surface area contributed by atoms with E-state index in [1.165, 1.54) is 83.5 Å². The molecule has 0 aromatic carbocycles. The second kappa shape index (κ2) is 15.2. The summed E-state index contributed by atoms with van der Waals surface area (Å²) in [5.41, 5.74) is 0. The van der Waals surface area contributed by atoms with Crippen LogP contribution in [0, 0.1) is 5.92 Å². The highest BCUT2D eigenvalue weighted by Crippen LogP contribution is 2.22. The lowest BCUT2D eigenvalue weighted by atomic mass is 9.99. The van der Waals surface area contributed by atoms with Gasteiger partial charge in [-0.05, 0) is 32.1 Å². The molecule has 0 spiro atoms. The molecule has 0 aromatic heterocycles. The van der Waals surface area contributed by atoms with Crippen LogP contribution in [0.4, 0.5) is 0 Å². The van der Waals surface area contributed by atoms with Crippen molar-refractivity contribution < 1.29 is 14.3 Å². The minimum atomic E-state index is -0.346. The summed E-state index contributed by atoms with van der Waals surface area (Å²) < 4.78 is 4.57. The van der Waals surface area contributed by atoms with Crippen molar-refractivity contribution in [3.05, 3.63) is 12.2 Å². The topological polar surface area (TPSA) is 43.4 Å². The first-order valence-corrected chi connectivity index (χ1v) is 10.6. The number of carbonyl (C=O) groups is 2. The smallest absolute Gasteiger partial charge is 0.317 e. The van der Waals surface area contributed by atoms with Crippen LogP contribution in [0.25, 0.3) is 0 Å². The zero-order valence-corrected chi connectivity index (χ0v) is 16.3. The molecule has 1 heterocycles. The molecular weight excluding hydrogens is 312 g/mol. The summed E-state index contributed by atoms with van der Waals surface area (Å²) in [7, 11) is 0. The van der Waals surface area contributed by atoms with Crippen molar-refractivity contribution >= 4 is 11.9 Å². The van der Waals surface area contributed by atoms with Gasteiger partial charge in [-0.1, -0.05) is 83.3 Å². The lowest BCUT2D eigenvalue weighted by molar-refractivity contribution is -0.153. The SMILES string of the molecule is CCCCCCC=CCCCCCCCCCCC1CC(=O)OC1=O. The number of esters is 2. The first-order chi connectivity index (χ1) is 12.2. The number of carbonyl (C=O) groups excluding carboxylic acids is 2. The molecule has 0 radical (unpaired) electrons. The Hall–Kier alpha value is -1.12. The van der Waals surface area contributed by atoms with Gasteiger partial charge in [-0.3, -0.25) is 9.59 Å². The van der Waals surface area contributed by atoms with Crippen LogP contribution in [0.1, 0.15) is 110 Å². The summed E-state index contributed by atoms with van der Waals surface area (Å²) in [4.78, 5) is 22.3. The largest absolute Gasteiger partial charge is 0.393 e. The second-order valence-corrected chi connectivity index (χ2v) is 7.42. The molecule has 3 heteroatoms. The van der Waals surface area contributed by atoms with E-state index in [9.17, 15) is 9.59 Å². The van der Waals surface area contributed by atoms with Crippen LogP contribution in [0.2, 0.25) is 0 Å². The van der Waals surface area contributed by atoms with E-state index >= 15 is 0 Å². The minimum Gasteiger partial charge on any atom is -0.393 e. The van der Waals surface area contributed by atoms with Gasteiger partial charge in [0.05, 0.1) is 12.3 Å². The standard InChI is InChI=1S/C22H38O3/c1-2-3-4-5-6-7-8-9-10-11-12-13-14-15-16-17-18-20-19-21(23)25-22(20)24/h7-8,20H,2-6,9-19H2,1H3. The highest BCUT2D eigenvalue weighted by Gasteiger charge is 2.32. The van der Waals surface area contributed by atoms with Crippen molar-refractivity contribution in [3.63, 3.8) is 0 Å². The summed E-state index contributed by atoms with van der Waals surface area (Å²) >= 11 is 0. The fourth-order valence-electron chi connectivity index (χ4n) is 3.38. The first-order valence-electron chi connectivity index (χ1n) is 10.6. The molecule has 1 unspecified atom stereocenters. The molecule has 0 aromatic rings. The van der Waals surface area contributed by atoms with Crippen molar-refractivity contribution in [2.24, 2.45) is 5.92 Å². The van der Waals surface area contributed by atoms with Crippen LogP contribution < -0.4 is 0 Å². The lowest BCUT2D eigenvalue weighted by Gasteiger charge is -2.04. The molecule has 25 heavy (non-hydrogen) atoms. The van der Waals surface area contributed by atoms with E-state index in [-0.39, 0.29) is 17.9 Å². The third-order valence-electron chi connectivity index (χ3n) is 5.03. The fraction of sp³-hybridized carbons (Fsp3) is 0.818. The van der Waals surface area contributed by atoms with Crippen LogP contribution >= 0.6 is 0 Å². The molecule has 144 valence electrons. The van der Waals surface area contributed by atoms with Gasteiger partial charge in [0.2, 0.25) is 0 Å². The Labute approximate surface area is 154 Å². The van der Waals surface area contributed by atoms with Gasteiger partial charge in [-0.25, -0.2) is 0 Å². The Kier molecular flexibility index (Phi) is 13.3. The Morgan fingerprint density at radius 1 is 0.800 bits per heavy atom. The van der Waals surface area contributed by atoms with E-state index in [0.29, 0.717) is 6.42 Å². The maximum atomic E-state index is 11.3. The quantitative estimate of drug-likeness (QED) is 0.138. The Morgan fingerprint density at radius 3 is 1.84 bits per heavy atom. The Balaban J connectivity index is 1.77. The molecule has 1 atom stereocenters. The predicted molar refractivity (Wildman–Crippen MR) is 103 cm³/mol. The van der Waals surface area contributed by atoms with E-state index in [0.717, 1.165) is 12.8 Å². The third kappa shape index (κ3) is 12.0. The number of rotatable bonds is 16. The van der Waals surface area contributed by atoms with Crippen molar-refractivity contribution in [2.75, 3.05) is 0 Å². The van der Waals surface area contributed by atoms with E-state index < -0.39 is 0 Å². The maximum absolute atomic E-state index is 11.3. The number of ether oxygens (including phenoxy) is 1. The Bertz CT molecular complexity index is 387. The number of unbranched alkanes of at least 4 members (excludes halogenated alkanes) is 12. The van der Waals surface area contributed by atoms with E-state index in [1.807, 2.05) is 0 Å². The van der Waals surface area contributed by atoms with Crippen molar-refractivity contribution in [1.29, 1.82) is 0 Å². The van der Waals surface area contributed by atoms with Crippen LogP contribution in [-0.2, 0) is 14.3 Å². The minimum absolute atomic E-state index is 0.160. The number of hydrogen-bond acceptors (Lipinski definition) is 3. The van der Waals surface area contributed by atoms with Crippen LogP contribution in [-0.4, -0.2) is 11.9 Å². The van der Waals surface area contributed by atoms with Gasteiger partial charge in [-0.15, -0.1) is 0 Å². The highest BCUT2D eigenvalue weighted by atomic mass is 16.6. The fourth-order valence-corrected chi connectivity index (χ4v) is 3.38. The van der Waals surface area contributed by atoms with Crippen molar-refractivity contribution in [3.8, 4) is 0 Å². The maximum Gasteiger partial charge on any atom is 0.317 e. The molecule has 0 bridgehead atoms. The van der Waals surface area contributed by atoms with Gasteiger partial charge < -0.3 is 4.74 Å². The van der Waals surface area contributed by atoms with E-state index in [2.05, 4.69) is 23.8 Å². The Morgan fingerprint density at radius 2 is 1.32 bits per heavy atom.